The number of aliphatic imine (C=N–C) groups is 1. The smallest absolute Gasteiger partial charge is 0.336 e. The van der Waals surface area contributed by atoms with Crippen LogP contribution in [0, 0.1) is 6.92 Å². The molecule has 4 aromatic carbocycles. The second-order valence-corrected chi connectivity index (χ2v) is 11.4. The van der Waals surface area contributed by atoms with Gasteiger partial charge in [-0.25, -0.2) is 14.8 Å². The highest BCUT2D eigenvalue weighted by Gasteiger charge is 2.35. The molecule has 0 fully saturated rings. The van der Waals surface area contributed by atoms with Crippen molar-refractivity contribution in [1.82, 2.24) is 9.55 Å². The maximum atomic E-state index is 12.3. The number of aromatic nitrogens is 2. The highest BCUT2D eigenvalue weighted by Crippen LogP contribution is 2.37. The molecule has 5 aromatic rings. The SMILES string of the molecule is CCc1nc2c(C)cc(C3=NC4=CCCCC4N3c3ccccc3)cc2n1Cc1ccc(-c2ccccc2)c(C(=O)O)c1. The zero-order valence-corrected chi connectivity index (χ0v) is 24.5. The Bertz CT molecular complexity index is 1900. The Kier molecular flexibility index (Phi) is 6.90. The molecule has 0 radical (unpaired) electrons. The largest absolute Gasteiger partial charge is 0.478 e. The van der Waals surface area contributed by atoms with Crippen LogP contribution in [0.5, 0.6) is 0 Å². The number of allylic oxidation sites excluding steroid dienone is 1. The van der Waals surface area contributed by atoms with E-state index >= 15 is 0 Å². The van der Waals surface area contributed by atoms with Crippen molar-refractivity contribution < 1.29 is 9.90 Å². The van der Waals surface area contributed by atoms with E-state index in [0.29, 0.717) is 12.1 Å². The first-order chi connectivity index (χ1) is 21.0. The molecule has 1 atom stereocenters. The first-order valence-corrected chi connectivity index (χ1v) is 15.1. The van der Waals surface area contributed by atoms with Gasteiger partial charge in [0.15, 0.2) is 0 Å². The molecular formula is C37H34N4O2. The number of rotatable bonds is 7. The van der Waals surface area contributed by atoms with Gasteiger partial charge in [-0.05, 0) is 78.8 Å². The zero-order chi connectivity index (χ0) is 29.5. The van der Waals surface area contributed by atoms with E-state index in [4.69, 9.17) is 9.98 Å². The van der Waals surface area contributed by atoms with E-state index in [1.807, 2.05) is 48.5 Å². The molecule has 2 aliphatic rings. The highest BCUT2D eigenvalue weighted by molar-refractivity contribution is 6.14. The second kappa shape index (κ2) is 11.0. The molecule has 43 heavy (non-hydrogen) atoms. The fourth-order valence-electron chi connectivity index (χ4n) is 6.58. The standard InChI is InChI=1S/C37H34N4O2/c1-3-34-39-35-24(2)20-27(36-38-31-16-10-11-17-32(31)41(36)28-14-8-5-9-15-28)22-33(35)40(34)23-25-18-19-29(30(21-25)37(42)43)26-12-6-4-7-13-26/h4-9,12-16,18-22,32H,3,10-11,17,23H2,1-2H3,(H,42,43). The maximum Gasteiger partial charge on any atom is 0.336 e. The zero-order valence-electron chi connectivity index (χ0n) is 24.5. The Hall–Kier alpha value is -4.97. The van der Waals surface area contributed by atoms with Gasteiger partial charge in [0, 0.05) is 24.2 Å². The number of hydrogen-bond acceptors (Lipinski definition) is 4. The Balaban J connectivity index is 1.33. The van der Waals surface area contributed by atoms with Crippen molar-refractivity contribution >= 4 is 28.5 Å². The van der Waals surface area contributed by atoms with Crippen LogP contribution in [-0.4, -0.2) is 32.5 Å². The van der Waals surface area contributed by atoms with Gasteiger partial charge in [-0.3, -0.25) is 0 Å². The quantitative estimate of drug-likeness (QED) is 0.217. The minimum Gasteiger partial charge on any atom is -0.478 e. The molecule has 0 amide bonds. The van der Waals surface area contributed by atoms with E-state index in [1.165, 1.54) is 0 Å². The third-order valence-corrected chi connectivity index (χ3v) is 8.62. The van der Waals surface area contributed by atoms with Crippen molar-refractivity contribution in [1.29, 1.82) is 0 Å². The number of carboxylic acids is 1. The summed E-state index contributed by atoms with van der Waals surface area (Å²) >= 11 is 0. The molecule has 7 rings (SSSR count). The normalized spacial score (nSPS) is 16.2. The van der Waals surface area contributed by atoms with Gasteiger partial charge in [0.25, 0.3) is 0 Å². The number of para-hydroxylation sites is 1. The molecule has 1 unspecified atom stereocenters. The molecule has 0 saturated heterocycles. The van der Waals surface area contributed by atoms with Crippen molar-refractivity contribution in [3.8, 4) is 11.1 Å². The number of hydrogen-bond donors (Lipinski definition) is 1. The van der Waals surface area contributed by atoms with E-state index in [1.54, 1.807) is 0 Å². The number of aryl methyl sites for hydroxylation is 2. The van der Waals surface area contributed by atoms with Crippen molar-refractivity contribution in [3.63, 3.8) is 0 Å². The van der Waals surface area contributed by atoms with E-state index in [9.17, 15) is 9.90 Å². The van der Waals surface area contributed by atoms with Crippen LogP contribution in [0.4, 0.5) is 5.69 Å². The number of anilines is 1. The predicted molar refractivity (Wildman–Crippen MR) is 173 cm³/mol. The average Bonchev–Trinajstić information content (AvgIpc) is 3.60. The van der Waals surface area contributed by atoms with Crippen LogP contribution in [-0.2, 0) is 13.0 Å². The molecular weight excluding hydrogens is 532 g/mol. The molecule has 0 spiro atoms. The van der Waals surface area contributed by atoms with Gasteiger partial charge in [-0.1, -0.05) is 73.7 Å². The number of carbonyl (C=O) groups is 1. The fourth-order valence-corrected chi connectivity index (χ4v) is 6.58. The molecule has 0 saturated carbocycles. The predicted octanol–water partition coefficient (Wildman–Crippen LogP) is 8.02. The number of amidine groups is 1. The fraction of sp³-hybridized carbons (Fsp3) is 0.216. The third kappa shape index (κ3) is 4.83. The van der Waals surface area contributed by atoms with Gasteiger partial charge >= 0.3 is 5.97 Å². The van der Waals surface area contributed by atoms with Crippen molar-refractivity contribution in [2.45, 2.75) is 52.1 Å². The van der Waals surface area contributed by atoms with Crippen LogP contribution < -0.4 is 4.90 Å². The Morgan fingerprint density at radius 1 is 0.953 bits per heavy atom. The van der Waals surface area contributed by atoms with Gasteiger partial charge in [0.1, 0.15) is 11.7 Å². The lowest BCUT2D eigenvalue weighted by molar-refractivity contribution is 0.0697. The molecule has 1 N–H and O–H groups in total. The Labute approximate surface area is 251 Å². The summed E-state index contributed by atoms with van der Waals surface area (Å²) < 4.78 is 2.24. The van der Waals surface area contributed by atoms with Gasteiger partial charge in [-0.15, -0.1) is 0 Å². The second-order valence-electron chi connectivity index (χ2n) is 11.4. The topological polar surface area (TPSA) is 70.7 Å². The lowest BCUT2D eigenvalue weighted by atomic mass is 9.97. The monoisotopic (exact) mass is 566 g/mol. The van der Waals surface area contributed by atoms with Crippen molar-refractivity contribution in [2.24, 2.45) is 4.99 Å². The van der Waals surface area contributed by atoms with Gasteiger partial charge in [-0.2, -0.15) is 0 Å². The number of imidazole rings is 1. The van der Waals surface area contributed by atoms with Gasteiger partial charge in [0.05, 0.1) is 28.3 Å². The third-order valence-electron chi connectivity index (χ3n) is 8.62. The van der Waals surface area contributed by atoms with E-state index in [0.717, 1.165) is 87.6 Å². The minimum atomic E-state index is -0.930. The average molecular weight is 567 g/mol. The number of nitrogens with zero attached hydrogens (tertiary/aromatic N) is 4. The Morgan fingerprint density at radius 2 is 1.72 bits per heavy atom. The molecule has 1 aromatic heterocycles. The highest BCUT2D eigenvalue weighted by atomic mass is 16.4. The maximum absolute atomic E-state index is 12.3. The molecule has 6 nitrogen and oxygen atoms in total. The summed E-state index contributed by atoms with van der Waals surface area (Å²) in [4.78, 5) is 25.0. The molecule has 2 heterocycles. The van der Waals surface area contributed by atoms with Crippen molar-refractivity contribution in [2.75, 3.05) is 4.90 Å². The summed E-state index contributed by atoms with van der Waals surface area (Å²) in [6.45, 7) is 4.76. The minimum absolute atomic E-state index is 0.246. The summed E-state index contributed by atoms with van der Waals surface area (Å²) in [6.07, 6.45) is 6.37. The van der Waals surface area contributed by atoms with Crippen LogP contribution in [0.25, 0.3) is 22.2 Å². The van der Waals surface area contributed by atoms with E-state index in [2.05, 4.69) is 71.9 Å². The Morgan fingerprint density at radius 3 is 2.47 bits per heavy atom. The molecule has 1 aliphatic heterocycles. The van der Waals surface area contributed by atoms with Gasteiger partial charge < -0.3 is 14.6 Å². The van der Waals surface area contributed by atoms with Gasteiger partial charge in [0.2, 0.25) is 0 Å². The number of benzene rings is 4. The van der Waals surface area contributed by atoms with Crippen molar-refractivity contribution in [3.05, 3.63) is 131 Å². The summed E-state index contributed by atoms with van der Waals surface area (Å²) in [5, 5.41) is 10.1. The lowest BCUT2D eigenvalue weighted by Gasteiger charge is -2.30. The molecule has 214 valence electrons. The number of aromatic carboxylic acids is 1. The molecule has 0 bridgehead atoms. The summed E-state index contributed by atoms with van der Waals surface area (Å²) in [7, 11) is 0. The first-order valence-electron chi connectivity index (χ1n) is 15.1. The molecule has 6 heteroatoms. The van der Waals surface area contributed by atoms with E-state index < -0.39 is 5.97 Å². The number of carboxylic acid groups (broad SMARTS) is 1. The summed E-state index contributed by atoms with van der Waals surface area (Å²) in [6, 6.07) is 30.7. The van der Waals surface area contributed by atoms with Crippen LogP contribution in [0.15, 0.2) is 108 Å². The number of fused-ring (bicyclic) bond motifs is 2. The van der Waals surface area contributed by atoms with Crippen LogP contribution >= 0.6 is 0 Å². The lowest BCUT2D eigenvalue weighted by Crippen LogP contribution is -2.37. The first kappa shape index (κ1) is 26.9. The van der Waals surface area contributed by atoms with E-state index in [-0.39, 0.29) is 6.04 Å². The molecule has 1 aliphatic carbocycles. The summed E-state index contributed by atoms with van der Waals surface area (Å²) in [5.41, 5.74) is 9.33. The van der Waals surface area contributed by atoms with Crippen LogP contribution in [0.1, 0.15) is 59.1 Å². The summed E-state index contributed by atoms with van der Waals surface area (Å²) in [5.74, 6) is 1.02. The van der Waals surface area contributed by atoms with Crippen LogP contribution in [0.2, 0.25) is 0 Å². The van der Waals surface area contributed by atoms with Crippen LogP contribution in [0.3, 0.4) is 0 Å².